The molecule has 9 nitrogen and oxygen atoms in total. The highest BCUT2D eigenvalue weighted by Gasteiger charge is 2.27. The Labute approximate surface area is 175 Å². The van der Waals surface area contributed by atoms with Gasteiger partial charge in [0.25, 0.3) is 5.91 Å². The quantitative estimate of drug-likeness (QED) is 0.645. The molecule has 0 radical (unpaired) electrons. The first-order valence-corrected chi connectivity index (χ1v) is 10.5. The third-order valence-corrected chi connectivity index (χ3v) is 5.74. The van der Waals surface area contributed by atoms with Crippen LogP contribution < -0.4 is 15.5 Å². The van der Waals surface area contributed by atoms with Crippen molar-refractivity contribution in [3.63, 3.8) is 0 Å². The van der Waals surface area contributed by atoms with Gasteiger partial charge >= 0.3 is 0 Å². The molecule has 9 heteroatoms. The number of carbonyl (C=O) groups is 1. The minimum Gasteiger partial charge on any atom is -0.354 e. The molecular weight excluding hydrogens is 380 g/mol. The Kier molecular flexibility index (Phi) is 4.82. The Morgan fingerprint density at radius 3 is 2.77 bits per heavy atom. The minimum absolute atomic E-state index is 0.266. The molecule has 3 aromatic heterocycles. The highest BCUT2D eigenvalue weighted by molar-refractivity contribution is 6.02. The first-order valence-electron chi connectivity index (χ1n) is 10.5. The van der Waals surface area contributed by atoms with Crippen LogP contribution in [0.5, 0.6) is 0 Å². The molecule has 1 saturated heterocycles. The fraction of sp³-hybridized carbons (Fsp3) is 0.476. The Balaban J connectivity index is 1.22. The number of rotatable bonds is 6. The molecule has 1 atom stereocenters. The van der Waals surface area contributed by atoms with Crippen LogP contribution in [0.25, 0.3) is 5.65 Å². The first kappa shape index (κ1) is 18.9. The topological polar surface area (TPSA) is 100 Å². The smallest absolute Gasteiger partial charge is 0.277 e. The number of fused-ring (bicyclic) bond motifs is 1. The number of hydrogen-bond acceptors (Lipinski definition) is 7. The lowest BCUT2D eigenvalue weighted by Gasteiger charge is -2.17. The summed E-state index contributed by atoms with van der Waals surface area (Å²) in [6.45, 7) is 6.81. The summed E-state index contributed by atoms with van der Waals surface area (Å²) in [5, 5.41) is 6.46. The van der Waals surface area contributed by atoms with Gasteiger partial charge in [0.15, 0.2) is 5.65 Å². The fourth-order valence-electron chi connectivity index (χ4n) is 3.91. The van der Waals surface area contributed by atoms with Crippen LogP contribution >= 0.6 is 0 Å². The molecule has 1 amide bonds. The van der Waals surface area contributed by atoms with Crippen LogP contribution in [-0.2, 0) is 0 Å². The zero-order valence-electron chi connectivity index (χ0n) is 17.3. The number of hydrogen-bond donors (Lipinski definition) is 2. The molecule has 0 aromatic carbocycles. The van der Waals surface area contributed by atoms with Crippen molar-refractivity contribution in [1.29, 1.82) is 0 Å². The lowest BCUT2D eigenvalue weighted by molar-refractivity contribution is 0.102. The Morgan fingerprint density at radius 1 is 1.13 bits per heavy atom. The van der Waals surface area contributed by atoms with Gasteiger partial charge in [-0.15, -0.1) is 0 Å². The molecule has 2 N–H and O–H groups in total. The summed E-state index contributed by atoms with van der Waals surface area (Å²) in [5.41, 5.74) is 2.70. The van der Waals surface area contributed by atoms with Crippen LogP contribution in [0.3, 0.4) is 0 Å². The minimum atomic E-state index is -0.331. The molecule has 2 fully saturated rings. The molecular formula is C21H26N8O. The standard InChI is InChI=1S/C21H26N8O/c1-13-10-29-12-18(26-14(2)20(29)25-13)27-21(30)17-8-24-19(9-23-17)28-6-5-16(11-28)22-7-15-3-4-15/h8-10,12,15-16,22H,3-7,11H2,1-2H3,(H,27,30). The highest BCUT2D eigenvalue weighted by Crippen LogP contribution is 2.28. The van der Waals surface area contributed by atoms with E-state index in [0.717, 1.165) is 54.8 Å². The average molecular weight is 406 g/mol. The summed E-state index contributed by atoms with van der Waals surface area (Å²) in [6.07, 6.45) is 10.7. The van der Waals surface area contributed by atoms with Gasteiger partial charge in [-0.3, -0.25) is 4.79 Å². The summed E-state index contributed by atoms with van der Waals surface area (Å²) in [5.74, 6) is 1.82. The summed E-state index contributed by atoms with van der Waals surface area (Å²) in [6, 6.07) is 0.506. The lowest BCUT2D eigenvalue weighted by atomic mass is 10.2. The molecule has 1 saturated carbocycles. The van der Waals surface area contributed by atoms with Gasteiger partial charge in [0.05, 0.1) is 30.0 Å². The van der Waals surface area contributed by atoms with E-state index in [1.54, 1.807) is 12.4 Å². The Bertz CT molecular complexity index is 1070. The first-order chi connectivity index (χ1) is 14.5. The molecule has 4 heterocycles. The fourth-order valence-corrected chi connectivity index (χ4v) is 3.91. The second kappa shape index (κ2) is 7.64. The van der Waals surface area contributed by atoms with Gasteiger partial charge in [0, 0.05) is 25.3 Å². The molecule has 3 aromatic rings. The van der Waals surface area contributed by atoms with Crippen molar-refractivity contribution in [2.45, 2.75) is 39.2 Å². The lowest BCUT2D eigenvalue weighted by Crippen LogP contribution is -2.34. The van der Waals surface area contributed by atoms with Crippen molar-refractivity contribution < 1.29 is 4.79 Å². The molecule has 156 valence electrons. The number of aromatic nitrogens is 5. The van der Waals surface area contributed by atoms with E-state index >= 15 is 0 Å². The normalized spacial score (nSPS) is 18.9. The SMILES string of the molecule is Cc1cn2cc(NC(=O)c3cnc(N4CCC(NCC5CC5)C4)cn3)nc(C)c2n1. The monoisotopic (exact) mass is 406 g/mol. The number of imidazole rings is 1. The maximum absolute atomic E-state index is 12.6. The van der Waals surface area contributed by atoms with E-state index in [1.165, 1.54) is 19.0 Å². The molecule has 0 bridgehead atoms. The summed E-state index contributed by atoms with van der Waals surface area (Å²) in [4.78, 5) is 32.5. The van der Waals surface area contributed by atoms with Crippen molar-refractivity contribution in [3.05, 3.63) is 41.9 Å². The van der Waals surface area contributed by atoms with Crippen molar-refractivity contribution in [1.82, 2.24) is 29.7 Å². The van der Waals surface area contributed by atoms with Gasteiger partial charge in [-0.05, 0) is 45.6 Å². The second-order valence-electron chi connectivity index (χ2n) is 8.32. The number of anilines is 2. The van der Waals surface area contributed by atoms with Gasteiger partial charge in [-0.1, -0.05) is 0 Å². The highest BCUT2D eigenvalue weighted by atomic mass is 16.2. The van der Waals surface area contributed by atoms with Crippen molar-refractivity contribution in [2.24, 2.45) is 5.92 Å². The van der Waals surface area contributed by atoms with E-state index in [-0.39, 0.29) is 11.6 Å². The van der Waals surface area contributed by atoms with E-state index in [4.69, 9.17) is 0 Å². The maximum Gasteiger partial charge on any atom is 0.277 e. The average Bonchev–Trinajstić information content (AvgIpc) is 3.30. The molecule has 5 rings (SSSR count). The Hall–Kier alpha value is -3.07. The van der Waals surface area contributed by atoms with Gasteiger partial charge in [0.1, 0.15) is 17.3 Å². The third kappa shape index (κ3) is 3.97. The number of carbonyl (C=O) groups excluding carboxylic acids is 1. The van der Waals surface area contributed by atoms with Gasteiger partial charge in [-0.2, -0.15) is 0 Å². The molecule has 1 aliphatic heterocycles. The summed E-state index contributed by atoms with van der Waals surface area (Å²) < 4.78 is 1.86. The van der Waals surface area contributed by atoms with Crippen LogP contribution in [0.15, 0.2) is 24.8 Å². The third-order valence-electron chi connectivity index (χ3n) is 5.74. The van der Waals surface area contributed by atoms with E-state index in [1.807, 2.05) is 24.4 Å². The van der Waals surface area contributed by atoms with E-state index in [0.29, 0.717) is 11.9 Å². The number of nitrogens with zero attached hydrogens (tertiary/aromatic N) is 6. The van der Waals surface area contributed by atoms with Crippen LogP contribution in [0.1, 0.15) is 41.1 Å². The molecule has 1 aliphatic carbocycles. The molecule has 30 heavy (non-hydrogen) atoms. The van der Waals surface area contributed by atoms with Crippen LogP contribution in [0.4, 0.5) is 11.6 Å². The predicted octanol–water partition coefficient (Wildman–Crippen LogP) is 1.97. The second-order valence-corrected chi connectivity index (χ2v) is 8.32. The number of amides is 1. The number of aryl methyl sites for hydroxylation is 2. The number of nitrogens with one attached hydrogen (secondary N) is 2. The zero-order chi connectivity index (χ0) is 20.7. The van der Waals surface area contributed by atoms with E-state index in [2.05, 4.69) is 35.5 Å². The summed E-state index contributed by atoms with van der Waals surface area (Å²) in [7, 11) is 0. The van der Waals surface area contributed by atoms with Crippen molar-refractivity contribution >= 4 is 23.2 Å². The van der Waals surface area contributed by atoms with E-state index < -0.39 is 0 Å². The van der Waals surface area contributed by atoms with E-state index in [9.17, 15) is 4.79 Å². The maximum atomic E-state index is 12.6. The largest absolute Gasteiger partial charge is 0.354 e. The van der Waals surface area contributed by atoms with Crippen molar-refractivity contribution in [3.8, 4) is 0 Å². The molecule has 1 unspecified atom stereocenters. The predicted molar refractivity (Wildman–Crippen MR) is 114 cm³/mol. The van der Waals surface area contributed by atoms with Crippen molar-refractivity contribution in [2.75, 3.05) is 29.9 Å². The molecule has 0 spiro atoms. The van der Waals surface area contributed by atoms with Gasteiger partial charge in [0.2, 0.25) is 0 Å². The van der Waals surface area contributed by atoms with Crippen LogP contribution in [-0.4, -0.2) is 55.9 Å². The molecule has 2 aliphatic rings. The summed E-state index contributed by atoms with van der Waals surface area (Å²) >= 11 is 0. The van der Waals surface area contributed by atoms with Gasteiger partial charge in [-0.25, -0.2) is 19.9 Å². The van der Waals surface area contributed by atoms with Crippen LogP contribution in [0, 0.1) is 19.8 Å². The zero-order valence-corrected chi connectivity index (χ0v) is 17.3. The van der Waals surface area contributed by atoms with Gasteiger partial charge < -0.3 is 19.9 Å². The Morgan fingerprint density at radius 2 is 2.00 bits per heavy atom. The van der Waals surface area contributed by atoms with Crippen LogP contribution in [0.2, 0.25) is 0 Å².